The van der Waals surface area contributed by atoms with Crippen LogP contribution in [0.5, 0.6) is 5.75 Å². The van der Waals surface area contributed by atoms with Gasteiger partial charge in [-0.15, -0.1) is 0 Å². The first-order chi connectivity index (χ1) is 11.8. The standard InChI is InChI=1S/C19H20BrN3O/c1-24-19-8-7-17(20)11-16(19)13-21-10-9-15-12-22-23(14-15)18-5-3-2-4-6-18/h2-8,11-12,14,21H,9-10,13H2,1H3. The fraction of sp³-hybridized carbons (Fsp3) is 0.211. The van der Waals surface area contributed by atoms with E-state index in [9.17, 15) is 0 Å². The highest BCUT2D eigenvalue weighted by Gasteiger charge is 2.04. The van der Waals surface area contributed by atoms with Crippen LogP contribution in [0.25, 0.3) is 5.69 Å². The van der Waals surface area contributed by atoms with Crippen LogP contribution in [0.15, 0.2) is 65.4 Å². The average molecular weight is 386 g/mol. The third-order valence-electron chi connectivity index (χ3n) is 3.81. The van der Waals surface area contributed by atoms with Crippen LogP contribution >= 0.6 is 15.9 Å². The summed E-state index contributed by atoms with van der Waals surface area (Å²) in [6, 6.07) is 16.2. The molecule has 24 heavy (non-hydrogen) atoms. The van der Waals surface area contributed by atoms with Crippen molar-refractivity contribution in [1.82, 2.24) is 15.1 Å². The van der Waals surface area contributed by atoms with Gasteiger partial charge in [-0.2, -0.15) is 5.10 Å². The maximum absolute atomic E-state index is 5.39. The third kappa shape index (κ3) is 4.24. The van der Waals surface area contributed by atoms with Crippen molar-refractivity contribution in [3.05, 3.63) is 76.5 Å². The van der Waals surface area contributed by atoms with E-state index in [-0.39, 0.29) is 0 Å². The minimum atomic E-state index is 0.773. The summed E-state index contributed by atoms with van der Waals surface area (Å²) in [5.74, 6) is 0.905. The Morgan fingerprint density at radius 3 is 2.79 bits per heavy atom. The van der Waals surface area contributed by atoms with Gasteiger partial charge in [0.2, 0.25) is 0 Å². The molecule has 1 N–H and O–H groups in total. The highest BCUT2D eigenvalue weighted by Crippen LogP contribution is 2.22. The molecule has 0 saturated heterocycles. The van der Waals surface area contributed by atoms with Crippen LogP contribution in [-0.2, 0) is 13.0 Å². The molecule has 3 rings (SSSR count). The molecule has 0 saturated carbocycles. The highest BCUT2D eigenvalue weighted by molar-refractivity contribution is 9.10. The van der Waals surface area contributed by atoms with E-state index in [4.69, 9.17) is 4.74 Å². The fourth-order valence-corrected chi connectivity index (χ4v) is 2.96. The Morgan fingerprint density at radius 1 is 1.17 bits per heavy atom. The van der Waals surface area contributed by atoms with E-state index in [0.717, 1.165) is 41.0 Å². The molecular formula is C19H20BrN3O. The van der Waals surface area contributed by atoms with E-state index in [1.165, 1.54) is 5.56 Å². The number of nitrogens with one attached hydrogen (secondary N) is 1. The summed E-state index contributed by atoms with van der Waals surface area (Å²) in [6.45, 7) is 1.66. The number of para-hydroxylation sites is 1. The predicted molar refractivity (Wildman–Crippen MR) is 99.7 cm³/mol. The molecule has 4 nitrogen and oxygen atoms in total. The first kappa shape index (κ1) is 16.7. The van der Waals surface area contributed by atoms with Gasteiger partial charge in [-0.3, -0.25) is 0 Å². The summed E-state index contributed by atoms with van der Waals surface area (Å²) in [6.07, 6.45) is 4.94. The van der Waals surface area contributed by atoms with Crippen molar-refractivity contribution in [3.63, 3.8) is 0 Å². The molecule has 1 aromatic heterocycles. The molecule has 0 bridgehead atoms. The Kier molecular flexibility index (Phi) is 5.67. The van der Waals surface area contributed by atoms with E-state index < -0.39 is 0 Å². The van der Waals surface area contributed by atoms with Gasteiger partial charge < -0.3 is 10.1 Å². The molecule has 0 aliphatic heterocycles. The quantitative estimate of drug-likeness (QED) is 0.625. The lowest BCUT2D eigenvalue weighted by molar-refractivity contribution is 0.407. The van der Waals surface area contributed by atoms with Gasteiger partial charge in [0.1, 0.15) is 5.75 Å². The molecule has 1 heterocycles. The van der Waals surface area contributed by atoms with Gasteiger partial charge in [-0.05, 0) is 48.9 Å². The number of methoxy groups -OCH3 is 1. The molecular weight excluding hydrogens is 366 g/mol. The van der Waals surface area contributed by atoms with Crippen LogP contribution in [0.3, 0.4) is 0 Å². The van der Waals surface area contributed by atoms with E-state index in [0.29, 0.717) is 0 Å². The lowest BCUT2D eigenvalue weighted by Gasteiger charge is -2.10. The molecule has 0 unspecified atom stereocenters. The van der Waals surface area contributed by atoms with Crippen LogP contribution in [0.2, 0.25) is 0 Å². The van der Waals surface area contributed by atoms with Gasteiger partial charge in [0, 0.05) is 22.8 Å². The number of hydrogen-bond acceptors (Lipinski definition) is 3. The van der Waals surface area contributed by atoms with Crippen molar-refractivity contribution in [1.29, 1.82) is 0 Å². The second kappa shape index (κ2) is 8.13. The van der Waals surface area contributed by atoms with Gasteiger partial charge >= 0.3 is 0 Å². The Labute approximate surface area is 150 Å². The van der Waals surface area contributed by atoms with E-state index in [2.05, 4.69) is 50.7 Å². The number of benzene rings is 2. The summed E-state index contributed by atoms with van der Waals surface area (Å²) in [7, 11) is 1.70. The molecule has 0 aliphatic rings. The van der Waals surface area contributed by atoms with Gasteiger partial charge in [-0.25, -0.2) is 4.68 Å². The van der Waals surface area contributed by atoms with Gasteiger partial charge in [0.15, 0.2) is 0 Å². The van der Waals surface area contributed by atoms with Crippen LogP contribution in [0.1, 0.15) is 11.1 Å². The highest BCUT2D eigenvalue weighted by atomic mass is 79.9. The van der Waals surface area contributed by atoms with Crippen molar-refractivity contribution < 1.29 is 4.74 Å². The maximum atomic E-state index is 5.39. The van der Waals surface area contributed by atoms with Crippen LogP contribution in [0.4, 0.5) is 0 Å². The lowest BCUT2D eigenvalue weighted by atomic mass is 10.2. The Morgan fingerprint density at radius 2 is 2.00 bits per heavy atom. The Bertz CT molecular complexity index is 786. The average Bonchev–Trinajstić information content (AvgIpc) is 3.09. The molecule has 0 radical (unpaired) electrons. The van der Waals surface area contributed by atoms with Crippen LogP contribution in [-0.4, -0.2) is 23.4 Å². The summed E-state index contributed by atoms with van der Waals surface area (Å²) in [5.41, 5.74) is 3.44. The first-order valence-corrected chi connectivity index (χ1v) is 8.67. The maximum Gasteiger partial charge on any atom is 0.123 e. The molecule has 0 atom stereocenters. The summed E-state index contributed by atoms with van der Waals surface area (Å²) in [4.78, 5) is 0. The van der Waals surface area contributed by atoms with Crippen molar-refractivity contribution in [3.8, 4) is 11.4 Å². The number of rotatable bonds is 7. The second-order valence-electron chi connectivity index (χ2n) is 5.51. The van der Waals surface area contributed by atoms with Gasteiger partial charge in [0.05, 0.1) is 19.0 Å². The molecule has 0 fully saturated rings. The number of halogens is 1. The van der Waals surface area contributed by atoms with E-state index in [1.54, 1.807) is 7.11 Å². The number of hydrogen-bond donors (Lipinski definition) is 1. The van der Waals surface area contributed by atoms with Crippen LogP contribution < -0.4 is 10.1 Å². The van der Waals surface area contributed by atoms with Crippen LogP contribution in [0, 0.1) is 0 Å². The molecule has 0 amide bonds. The molecule has 3 aromatic rings. The SMILES string of the molecule is COc1ccc(Br)cc1CNCCc1cnn(-c2ccccc2)c1. The monoisotopic (exact) mass is 385 g/mol. The molecule has 0 spiro atoms. The zero-order valence-corrected chi connectivity index (χ0v) is 15.2. The van der Waals surface area contributed by atoms with Crippen molar-refractivity contribution in [2.24, 2.45) is 0 Å². The van der Waals surface area contributed by atoms with Gasteiger partial charge in [-0.1, -0.05) is 34.1 Å². The largest absolute Gasteiger partial charge is 0.496 e. The van der Waals surface area contributed by atoms with Crippen molar-refractivity contribution >= 4 is 15.9 Å². The van der Waals surface area contributed by atoms with E-state index >= 15 is 0 Å². The summed E-state index contributed by atoms with van der Waals surface area (Å²) in [5, 5.41) is 7.89. The number of aromatic nitrogens is 2. The second-order valence-corrected chi connectivity index (χ2v) is 6.43. The Balaban J connectivity index is 1.52. The predicted octanol–water partition coefficient (Wildman–Crippen LogP) is 3.98. The van der Waals surface area contributed by atoms with E-state index in [1.807, 2.05) is 41.2 Å². The smallest absolute Gasteiger partial charge is 0.123 e. The first-order valence-electron chi connectivity index (χ1n) is 7.88. The minimum Gasteiger partial charge on any atom is -0.496 e. The third-order valence-corrected chi connectivity index (χ3v) is 4.30. The minimum absolute atomic E-state index is 0.773. The molecule has 124 valence electrons. The normalized spacial score (nSPS) is 10.8. The topological polar surface area (TPSA) is 39.1 Å². The number of ether oxygens (including phenoxy) is 1. The molecule has 2 aromatic carbocycles. The fourth-order valence-electron chi connectivity index (χ4n) is 2.55. The molecule has 0 aliphatic carbocycles. The molecule has 5 heteroatoms. The van der Waals surface area contributed by atoms with Crippen molar-refractivity contribution in [2.45, 2.75) is 13.0 Å². The van der Waals surface area contributed by atoms with Gasteiger partial charge in [0.25, 0.3) is 0 Å². The summed E-state index contributed by atoms with van der Waals surface area (Å²) >= 11 is 3.50. The lowest BCUT2D eigenvalue weighted by Crippen LogP contribution is -2.17. The zero-order valence-electron chi connectivity index (χ0n) is 13.6. The van der Waals surface area contributed by atoms with Crippen molar-refractivity contribution in [2.75, 3.05) is 13.7 Å². The number of nitrogens with zero attached hydrogens (tertiary/aromatic N) is 2. The zero-order chi connectivity index (χ0) is 16.8. The Hall–Kier alpha value is -2.11. The summed E-state index contributed by atoms with van der Waals surface area (Å²) < 4.78 is 8.36.